The second kappa shape index (κ2) is 17.6. The first-order valence-electron chi connectivity index (χ1n) is 10.6. The molecule has 0 saturated carbocycles. The number of rotatable bonds is 8. The molecule has 0 amide bonds. The number of ether oxygens (including phenoxy) is 6. The van der Waals surface area contributed by atoms with Crippen molar-refractivity contribution in [3.8, 4) is 0 Å². The van der Waals surface area contributed by atoms with E-state index in [9.17, 15) is 24.0 Å². The number of allylic oxidation sites excluding steroid dienone is 1. The molecule has 0 bridgehead atoms. The Bertz CT molecular complexity index is 900. The average molecular weight is 521 g/mol. The SMILES string of the molecule is C=C(C)OCc1oc(=O)oc1C.CC(=O)OCOC(=O)C(C)(C)C.CC(=O)OCOC(=O)OC(C)C. The van der Waals surface area contributed by atoms with Gasteiger partial charge in [0.15, 0.2) is 11.5 Å². The molecule has 13 nitrogen and oxygen atoms in total. The maximum Gasteiger partial charge on any atom is 0.519 e. The number of aryl methyl sites for hydroxylation is 1. The highest BCUT2D eigenvalue weighted by molar-refractivity contribution is 5.75. The van der Waals surface area contributed by atoms with Gasteiger partial charge in [0, 0.05) is 13.8 Å². The molecule has 0 aromatic carbocycles. The largest absolute Gasteiger partial charge is 0.519 e. The zero-order chi connectivity index (χ0) is 28.5. The third kappa shape index (κ3) is 20.8. The third-order valence-electron chi connectivity index (χ3n) is 3.12. The van der Waals surface area contributed by atoms with Gasteiger partial charge in [-0.2, -0.15) is 0 Å². The molecule has 0 aliphatic heterocycles. The lowest BCUT2D eigenvalue weighted by atomic mass is 9.98. The molecular weight excluding hydrogens is 484 g/mol. The maximum atomic E-state index is 11.0. The standard InChI is InChI=1S/C8H10O4.C8H14O4.C7H12O5/c1-5(2)10-4-7-6(3)11-8(9)12-7;1-6(9)11-5-12-7(10)8(2,3)4;1-5(2)12-7(9)11-4-10-6(3)8/h1,4H2,2-3H3;5H2,1-4H3;5H,4H2,1-3H3. The highest BCUT2D eigenvalue weighted by Gasteiger charge is 2.23. The minimum atomic E-state index is -0.841. The van der Waals surface area contributed by atoms with Crippen molar-refractivity contribution in [1.82, 2.24) is 0 Å². The van der Waals surface area contributed by atoms with E-state index in [0.29, 0.717) is 17.3 Å². The van der Waals surface area contributed by atoms with E-state index in [0.717, 1.165) is 0 Å². The zero-order valence-electron chi connectivity index (χ0n) is 22.2. The molecule has 1 heterocycles. The van der Waals surface area contributed by atoms with E-state index in [2.05, 4.69) is 39.1 Å². The van der Waals surface area contributed by atoms with Gasteiger partial charge in [-0.15, -0.1) is 0 Å². The lowest BCUT2D eigenvalue weighted by Crippen LogP contribution is -2.24. The van der Waals surface area contributed by atoms with Crippen LogP contribution in [0, 0.1) is 12.3 Å². The molecule has 36 heavy (non-hydrogen) atoms. The minimum absolute atomic E-state index is 0.187. The van der Waals surface area contributed by atoms with Crippen LogP contribution in [0.5, 0.6) is 0 Å². The summed E-state index contributed by atoms with van der Waals surface area (Å²) < 4.78 is 36.7. The maximum absolute atomic E-state index is 11.0. The predicted octanol–water partition coefficient (Wildman–Crippen LogP) is 3.76. The highest BCUT2D eigenvalue weighted by Crippen LogP contribution is 2.14. The summed E-state index contributed by atoms with van der Waals surface area (Å²) in [6.07, 6.45) is -1.08. The van der Waals surface area contributed by atoms with E-state index in [1.807, 2.05) is 0 Å². The molecule has 0 N–H and O–H groups in total. The molecule has 13 heteroatoms. The fourth-order valence-electron chi connectivity index (χ4n) is 1.46. The van der Waals surface area contributed by atoms with Gasteiger partial charge in [0.2, 0.25) is 13.6 Å². The molecule has 0 spiro atoms. The van der Waals surface area contributed by atoms with Crippen LogP contribution in [-0.4, -0.2) is 43.8 Å². The summed E-state index contributed by atoms with van der Waals surface area (Å²) >= 11 is 0. The molecule has 0 aliphatic carbocycles. The summed E-state index contributed by atoms with van der Waals surface area (Å²) in [7, 11) is 0. The highest BCUT2D eigenvalue weighted by atomic mass is 16.8. The number of carbonyl (C=O) groups is 4. The lowest BCUT2D eigenvalue weighted by Gasteiger charge is -2.15. The van der Waals surface area contributed by atoms with Crippen molar-refractivity contribution in [1.29, 1.82) is 0 Å². The van der Waals surface area contributed by atoms with Crippen LogP contribution in [0.15, 0.2) is 26.0 Å². The van der Waals surface area contributed by atoms with Crippen LogP contribution in [0.2, 0.25) is 0 Å². The smallest absolute Gasteiger partial charge is 0.491 e. The molecule has 1 aromatic heterocycles. The Morgan fingerprint density at radius 3 is 1.72 bits per heavy atom. The number of hydrogen-bond donors (Lipinski definition) is 0. The van der Waals surface area contributed by atoms with E-state index in [1.54, 1.807) is 48.5 Å². The Balaban J connectivity index is 0. The van der Waals surface area contributed by atoms with E-state index < -0.39 is 36.1 Å². The Kier molecular flexibility index (Phi) is 16.8. The van der Waals surface area contributed by atoms with Gasteiger partial charge >= 0.3 is 29.9 Å². The molecule has 206 valence electrons. The topological polar surface area (TPSA) is 167 Å². The summed E-state index contributed by atoms with van der Waals surface area (Å²) in [6, 6.07) is 0. The normalized spacial score (nSPS) is 9.94. The molecule has 0 saturated heterocycles. The van der Waals surface area contributed by atoms with Crippen LogP contribution >= 0.6 is 0 Å². The van der Waals surface area contributed by atoms with Crippen LogP contribution in [-0.2, 0) is 49.4 Å². The van der Waals surface area contributed by atoms with Gasteiger partial charge in [0.25, 0.3) is 0 Å². The van der Waals surface area contributed by atoms with Gasteiger partial charge in [-0.25, -0.2) is 9.59 Å². The average Bonchev–Trinajstić information content (AvgIpc) is 3.02. The first-order chi connectivity index (χ1) is 16.4. The van der Waals surface area contributed by atoms with Crippen LogP contribution < -0.4 is 5.82 Å². The molecule has 1 aromatic rings. The van der Waals surface area contributed by atoms with Crippen molar-refractivity contribution in [2.75, 3.05) is 13.6 Å². The Morgan fingerprint density at radius 2 is 1.36 bits per heavy atom. The fourth-order valence-corrected chi connectivity index (χ4v) is 1.46. The van der Waals surface area contributed by atoms with Gasteiger partial charge in [-0.05, 0) is 48.5 Å². The Labute approximate surface area is 209 Å². The molecule has 0 aliphatic rings. The molecule has 0 unspecified atom stereocenters. The van der Waals surface area contributed by atoms with Crippen molar-refractivity contribution >= 4 is 24.1 Å². The lowest BCUT2D eigenvalue weighted by molar-refractivity contribution is -0.172. The fraction of sp³-hybridized carbons (Fsp3) is 0.609. The first kappa shape index (κ1) is 34.4. The molecule has 0 radical (unpaired) electrons. The quantitative estimate of drug-likeness (QED) is 0.210. The summed E-state index contributed by atoms with van der Waals surface area (Å²) in [5.41, 5.74) is -0.555. The van der Waals surface area contributed by atoms with Gasteiger partial charge < -0.3 is 37.3 Å². The Hall–Kier alpha value is -3.77. The summed E-state index contributed by atoms with van der Waals surface area (Å²) in [4.78, 5) is 52.6. The molecule has 0 atom stereocenters. The van der Waals surface area contributed by atoms with Crippen molar-refractivity contribution in [2.24, 2.45) is 5.41 Å². The summed E-state index contributed by atoms with van der Waals surface area (Å²) in [5.74, 6) is -0.636. The number of esters is 3. The monoisotopic (exact) mass is 520 g/mol. The zero-order valence-corrected chi connectivity index (χ0v) is 22.2. The minimum Gasteiger partial charge on any atom is -0.491 e. The van der Waals surface area contributed by atoms with E-state index >= 15 is 0 Å². The van der Waals surface area contributed by atoms with Gasteiger partial charge in [0.1, 0.15) is 6.61 Å². The van der Waals surface area contributed by atoms with E-state index in [-0.39, 0.29) is 25.5 Å². The van der Waals surface area contributed by atoms with Crippen LogP contribution in [0.1, 0.15) is 66.9 Å². The van der Waals surface area contributed by atoms with Gasteiger partial charge in [-0.1, -0.05) is 6.58 Å². The summed E-state index contributed by atoms with van der Waals surface area (Å²) in [5, 5.41) is 0. The van der Waals surface area contributed by atoms with Crippen LogP contribution in [0.4, 0.5) is 4.79 Å². The molecule has 0 fully saturated rings. The van der Waals surface area contributed by atoms with Gasteiger partial charge in [-0.3, -0.25) is 14.4 Å². The predicted molar refractivity (Wildman–Crippen MR) is 123 cm³/mol. The third-order valence-corrected chi connectivity index (χ3v) is 3.12. The second-order valence-electron chi connectivity index (χ2n) is 8.17. The van der Waals surface area contributed by atoms with Crippen molar-refractivity contribution in [3.05, 3.63) is 34.5 Å². The van der Waals surface area contributed by atoms with Crippen molar-refractivity contribution < 1.29 is 56.4 Å². The second-order valence-corrected chi connectivity index (χ2v) is 8.17. The number of carbonyl (C=O) groups excluding carboxylic acids is 4. The van der Waals surface area contributed by atoms with E-state index in [1.165, 1.54) is 13.8 Å². The Morgan fingerprint density at radius 1 is 0.861 bits per heavy atom. The van der Waals surface area contributed by atoms with Crippen LogP contribution in [0.25, 0.3) is 0 Å². The number of hydrogen-bond acceptors (Lipinski definition) is 13. The van der Waals surface area contributed by atoms with Crippen molar-refractivity contribution in [3.63, 3.8) is 0 Å². The molecule has 1 rings (SSSR count). The molecular formula is C23H36O13. The van der Waals surface area contributed by atoms with E-state index in [4.69, 9.17) is 4.74 Å². The summed E-state index contributed by atoms with van der Waals surface area (Å²) in [6.45, 7) is 17.4. The van der Waals surface area contributed by atoms with Gasteiger partial charge in [0.05, 0.1) is 17.3 Å². The first-order valence-corrected chi connectivity index (χ1v) is 10.6. The van der Waals surface area contributed by atoms with Crippen LogP contribution in [0.3, 0.4) is 0 Å². The van der Waals surface area contributed by atoms with Crippen molar-refractivity contribution in [2.45, 2.75) is 75.0 Å².